The van der Waals surface area contributed by atoms with Gasteiger partial charge in [-0.25, -0.2) is 0 Å². The summed E-state index contributed by atoms with van der Waals surface area (Å²) < 4.78 is 2.22. The fraction of sp³-hybridized carbons (Fsp3) is 0.357. The van der Waals surface area contributed by atoms with Crippen molar-refractivity contribution >= 4 is 28.8 Å². The summed E-state index contributed by atoms with van der Waals surface area (Å²) in [5, 5.41) is 2.95. The second-order valence-electron chi connectivity index (χ2n) is 4.68. The number of benzene rings is 1. The molecule has 18 heavy (non-hydrogen) atoms. The maximum atomic E-state index is 5.92. The van der Waals surface area contributed by atoms with Crippen LogP contribution in [0.15, 0.2) is 30.5 Å². The predicted octanol–water partition coefficient (Wildman–Crippen LogP) is 3.47. The van der Waals surface area contributed by atoms with Gasteiger partial charge in [0.05, 0.1) is 11.9 Å². The first-order valence-electron chi connectivity index (χ1n) is 6.27. The Morgan fingerprint density at radius 3 is 2.61 bits per heavy atom. The van der Waals surface area contributed by atoms with E-state index in [1.807, 2.05) is 35.8 Å². The fourth-order valence-electron chi connectivity index (χ4n) is 2.33. The van der Waals surface area contributed by atoms with Gasteiger partial charge in [0.15, 0.2) is 11.5 Å². The number of nitrogens with zero attached hydrogens (tertiary/aromatic N) is 2. The Morgan fingerprint density at radius 2 is 1.89 bits per heavy atom. The summed E-state index contributed by atoms with van der Waals surface area (Å²) in [6.07, 6.45) is 7.40. The van der Waals surface area contributed by atoms with Crippen molar-refractivity contribution in [3.05, 3.63) is 45.9 Å². The van der Waals surface area contributed by atoms with Gasteiger partial charge in [0, 0.05) is 10.6 Å². The van der Waals surface area contributed by atoms with Gasteiger partial charge in [0.2, 0.25) is 6.20 Å². The SMILES string of the molecule is CN(c1ccc(Cl)cc1)[n+]1cc2c(s1)CCCC2. The lowest BCUT2D eigenvalue weighted by molar-refractivity contribution is -0.612. The molecule has 1 heterocycles. The van der Waals surface area contributed by atoms with E-state index in [2.05, 4.69) is 22.3 Å². The summed E-state index contributed by atoms with van der Waals surface area (Å²) in [5.41, 5.74) is 2.68. The zero-order valence-corrected chi connectivity index (χ0v) is 12.0. The lowest BCUT2D eigenvalue weighted by atomic mass is 10.0. The van der Waals surface area contributed by atoms with E-state index in [9.17, 15) is 0 Å². The zero-order valence-electron chi connectivity index (χ0n) is 10.4. The summed E-state index contributed by atoms with van der Waals surface area (Å²) in [6, 6.07) is 7.96. The van der Waals surface area contributed by atoms with Crippen LogP contribution in [0.3, 0.4) is 0 Å². The highest BCUT2D eigenvalue weighted by Crippen LogP contribution is 2.24. The number of halogens is 1. The minimum atomic E-state index is 0.780. The molecule has 1 aromatic carbocycles. The normalized spacial score (nSPS) is 14.3. The molecule has 0 N–H and O–H groups in total. The van der Waals surface area contributed by atoms with Crippen LogP contribution < -0.4 is 9.07 Å². The van der Waals surface area contributed by atoms with Gasteiger partial charge in [-0.05, 0) is 54.0 Å². The molecule has 0 radical (unpaired) electrons. The Kier molecular flexibility index (Phi) is 3.27. The van der Waals surface area contributed by atoms with Gasteiger partial charge < -0.3 is 0 Å². The fourth-order valence-corrected chi connectivity index (χ4v) is 3.59. The van der Waals surface area contributed by atoms with Crippen LogP contribution in [0.25, 0.3) is 0 Å². The second kappa shape index (κ2) is 4.90. The molecule has 0 fully saturated rings. The van der Waals surface area contributed by atoms with Crippen LogP contribution in [0.4, 0.5) is 5.69 Å². The maximum absolute atomic E-state index is 5.92. The molecule has 0 atom stereocenters. The van der Waals surface area contributed by atoms with Gasteiger partial charge in [-0.3, -0.25) is 0 Å². The van der Waals surface area contributed by atoms with Gasteiger partial charge >= 0.3 is 0 Å². The standard InChI is InChI=1S/C14H16ClN2S/c1-16(13-8-6-12(15)7-9-13)17-10-11-4-2-3-5-14(11)18-17/h6-10H,2-5H2,1H3/q+1. The Morgan fingerprint density at radius 1 is 1.17 bits per heavy atom. The van der Waals surface area contributed by atoms with Crippen LogP contribution >= 0.6 is 23.1 Å². The highest BCUT2D eigenvalue weighted by molar-refractivity contribution is 7.02. The molecule has 0 bridgehead atoms. The molecule has 0 unspecified atom stereocenters. The molecule has 0 aliphatic heterocycles. The van der Waals surface area contributed by atoms with E-state index in [0.717, 1.165) is 10.7 Å². The topological polar surface area (TPSA) is 7.12 Å². The van der Waals surface area contributed by atoms with Crippen molar-refractivity contribution in [3.8, 4) is 0 Å². The summed E-state index contributed by atoms with van der Waals surface area (Å²) in [4.78, 5) is 1.54. The lowest BCUT2D eigenvalue weighted by Gasteiger charge is -2.08. The highest BCUT2D eigenvalue weighted by Gasteiger charge is 2.22. The largest absolute Gasteiger partial charge is 0.220 e. The van der Waals surface area contributed by atoms with E-state index in [1.165, 1.54) is 31.2 Å². The molecule has 4 heteroatoms. The van der Waals surface area contributed by atoms with E-state index in [-0.39, 0.29) is 0 Å². The van der Waals surface area contributed by atoms with Crippen molar-refractivity contribution in [2.75, 3.05) is 12.1 Å². The summed E-state index contributed by atoms with van der Waals surface area (Å²) in [7, 11) is 2.09. The first-order chi connectivity index (χ1) is 8.74. The quantitative estimate of drug-likeness (QED) is 0.764. The van der Waals surface area contributed by atoms with Crippen molar-refractivity contribution in [2.45, 2.75) is 25.7 Å². The minimum Gasteiger partial charge on any atom is -0.139 e. The maximum Gasteiger partial charge on any atom is 0.220 e. The lowest BCUT2D eigenvalue weighted by Crippen LogP contribution is -2.48. The number of fused-ring (bicyclic) bond motifs is 1. The third-order valence-corrected chi connectivity index (χ3v) is 4.90. The van der Waals surface area contributed by atoms with Gasteiger partial charge in [0.1, 0.15) is 5.69 Å². The molecule has 0 spiro atoms. The van der Waals surface area contributed by atoms with Crippen molar-refractivity contribution in [1.82, 2.24) is 0 Å². The molecular weight excluding hydrogens is 264 g/mol. The van der Waals surface area contributed by atoms with Crippen molar-refractivity contribution in [3.63, 3.8) is 0 Å². The molecule has 3 rings (SSSR count). The molecule has 2 nitrogen and oxygen atoms in total. The van der Waals surface area contributed by atoms with Gasteiger partial charge in [-0.15, -0.1) is 5.01 Å². The van der Waals surface area contributed by atoms with Gasteiger partial charge in [-0.2, -0.15) is 0 Å². The summed E-state index contributed by atoms with van der Waals surface area (Å²) in [5.74, 6) is 0. The molecule has 94 valence electrons. The van der Waals surface area contributed by atoms with Crippen LogP contribution in [-0.2, 0) is 12.8 Å². The van der Waals surface area contributed by atoms with Crippen LogP contribution in [0.2, 0.25) is 5.02 Å². The summed E-state index contributed by atoms with van der Waals surface area (Å²) in [6.45, 7) is 0. The van der Waals surface area contributed by atoms with Crippen LogP contribution in [0.5, 0.6) is 0 Å². The molecule has 1 aromatic heterocycles. The van der Waals surface area contributed by atoms with Gasteiger partial charge in [0.25, 0.3) is 0 Å². The molecule has 1 aliphatic carbocycles. The smallest absolute Gasteiger partial charge is 0.139 e. The highest BCUT2D eigenvalue weighted by atomic mass is 35.5. The van der Waals surface area contributed by atoms with Crippen LogP contribution in [-0.4, -0.2) is 7.05 Å². The number of aromatic nitrogens is 1. The second-order valence-corrected chi connectivity index (χ2v) is 6.16. The number of anilines is 1. The van der Waals surface area contributed by atoms with E-state index < -0.39 is 0 Å². The number of aryl methyl sites for hydroxylation is 2. The minimum absolute atomic E-state index is 0.780. The van der Waals surface area contributed by atoms with Crippen molar-refractivity contribution in [2.24, 2.45) is 0 Å². The first-order valence-corrected chi connectivity index (χ1v) is 7.42. The Hall–Kier alpha value is -1.06. The first kappa shape index (κ1) is 12.0. The number of hydrogen-bond donors (Lipinski definition) is 0. The van der Waals surface area contributed by atoms with E-state index in [0.29, 0.717) is 0 Å². The molecule has 0 saturated heterocycles. The van der Waals surface area contributed by atoms with E-state index >= 15 is 0 Å². The molecule has 0 saturated carbocycles. The van der Waals surface area contributed by atoms with Crippen molar-refractivity contribution < 1.29 is 4.07 Å². The molecule has 2 aromatic rings. The third kappa shape index (κ3) is 2.25. The van der Waals surface area contributed by atoms with E-state index in [4.69, 9.17) is 11.6 Å². The summed E-state index contributed by atoms with van der Waals surface area (Å²) >= 11 is 7.77. The molecular formula is C14H16ClN2S+. The Balaban J connectivity index is 1.89. The molecule has 1 aliphatic rings. The van der Waals surface area contributed by atoms with E-state index in [1.54, 1.807) is 4.88 Å². The number of rotatable bonds is 2. The third-order valence-electron chi connectivity index (χ3n) is 3.42. The Bertz CT molecular complexity index is 524. The predicted molar refractivity (Wildman–Crippen MR) is 76.4 cm³/mol. The van der Waals surface area contributed by atoms with Gasteiger partial charge in [-0.1, -0.05) is 11.6 Å². The average Bonchev–Trinajstić information content (AvgIpc) is 2.82. The van der Waals surface area contributed by atoms with Crippen LogP contribution in [0, 0.1) is 0 Å². The molecule has 0 amide bonds. The Labute approximate surface area is 117 Å². The zero-order chi connectivity index (χ0) is 12.5. The van der Waals surface area contributed by atoms with Crippen LogP contribution in [0.1, 0.15) is 23.3 Å². The monoisotopic (exact) mass is 279 g/mol. The average molecular weight is 280 g/mol. The number of hydrogen-bond acceptors (Lipinski definition) is 2. The van der Waals surface area contributed by atoms with Crippen molar-refractivity contribution in [1.29, 1.82) is 0 Å².